The summed E-state index contributed by atoms with van der Waals surface area (Å²) in [5.74, 6) is -8.63. The van der Waals surface area contributed by atoms with Gasteiger partial charge in [0, 0.05) is 11.3 Å². The van der Waals surface area contributed by atoms with Crippen molar-refractivity contribution in [2.24, 2.45) is 35.0 Å². The normalized spacial score (nSPS) is 30.5. The number of nitrogens with zero attached hydrogens (tertiary/aromatic N) is 2. The third-order valence-corrected chi connectivity index (χ3v) is 8.54. The molecule has 3 fully saturated rings. The summed E-state index contributed by atoms with van der Waals surface area (Å²) in [6, 6.07) is 8.44. The number of carbonyl (C=O) groups excluding carboxylic acids is 4. The molecule has 2 aromatic carbocycles. The van der Waals surface area contributed by atoms with Crippen LogP contribution >= 0.6 is 0 Å². The third-order valence-electron chi connectivity index (χ3n) is 8.54. The Morgan fingerprint density at radius 2 is 0.976 bits per heavy atom. The van der Waals surface area contributed by atoms with Crippen molar-refractivity contribution < 1.29 is 55.0 Å². The smallest absolute Gasteiger partial charge is 0.406 e. The largest absolute Gasteiger partial charge is 0.573 e. The highest BCUT2D eigenvalue weighted by atomic mass is 19.4. The van der Waals surface area contributed by atoms with Crippen molar-refractivity contribution in [2.75, 3.05) is 9.80 Å². The van der Waals surface area contributed by atoms with E-state index in [1.807, 2.05) is 0 Å². The second kappa shape index (κ2) is 8.82. The number of allylic oxidation sites excluding steroid dienone is 2. The van der Waals surface area contributed by atoms with Crippen LogP contribution in [0.2, 0.25) is 0 Å². The molecule has 2 aliphatic heterocycles. The second-order valence-corrected chi connectivity index (χ2v) is 10.9. The summed E-state index contributed by atoms with van der Waals surface area (Å²) in [6.07, 6.45) is -8.14. The summed E-state index contributed by atoms with van der Waals surface area (Å²) in [5, 5.41) is 0. The number of carbonyl (C=O) groups is 4. The standard InChI is InChI=1S/C28H20F6N2O6/c1-12-11-26(2)20-18(22(37)35(24(20)39)13-3-7-15(8-4-13)41-27(29,30)31)17(12)19-21(26)25(40)36(23(19)38)14-5-9-16(10-6-14)42-28(32,33)34/h3-11,17-21H,1-2H3/t17?,18-,19-,20+,21+,26?/m0/s1. The van der Waals surface area contributed by atoms with E-state index in [0.717, 1.165) is 58.3 Å². The summed E-state index contributed by atoms with van der Waals surface area (Å²) >= 11 is 0. The van der Waals surface area contributed by atoms with Gasteiger partial charge >= 0.3 is 12.7 Å². The first-order valence-electron chi connectivity index (χ1n) is 12.7. The van der Waals surface area contributed by atoms with E-state index in [0.29, 0.717) is 5.57 Å². The van der Waals surface area contributed by atoms with Crippen LogP contribution in [0, 0.1) is 35.0 Å². The number of hydrogen-bond donors (Lipinski definition) is 0. The molecular formula is C28H20F6N2O6. The minimum absolute atomic E-state index is 0.0141. The maximum Gasteiger partial charge on any atom is 0.573 e. The topological polar surface area (TPSA) is 93.2 Å². The van der Waals surface area contributed by atoms with Gasteiger partial charge in [0.1, 0.15) is 11.5 Å². The molecule has 2 saturated heterocycles. The van der Waals surface area contributed by atoms with Crippen LogP contribution in [-0.2, 0) is 19.2 Å². The highest BCUT2D eigenvalue weighted by Crippen LogP contribution is 2.66. The summed E-state index contributed by atoms with van der Waals surface area (Å²) in [6.45, 7) is 3.31. The molecule has 2 aromatic rings. The lowest BCUT2D eigenvalue weighted by Gasteiger charge is -2.53. The molecule has 0 radical (unpaired) electrons. The van der Waals surface area contributed by atoms with Crippen molar-refractivity contribution >= 4 is 35.0 Å². The van der Waals surface area contributed by atoms with Gasteiger partial charge in [0.15, 0.2) is 0 Å². The lowest BCUT2D eigenvalue weighted by Crippen LogP contribution is -2.57. The van der Waals surface area contributed by atoms with E-state index in [2.05, 4.69) is 9.47 Å². The highest BCUT2D eigenvalue weighted by Gasteiger charge is 2.74. The molecule has 4 atom stereocenters. The van der Waals surface area contributed by atoms with Crippen LogP contribution in [0.1, 0.15) is 13.8 Å². The number of hydrogen-bond acceptors (Lipinski definition) is 6. The van der Waals surface area contributed by atoms with Crippen molar-refractivity contribution in [1.29, 1.82) is 0 Å². The molecular weight excluding hydrogens is 574 g/mol. The molecule has 0 spiro atoms. The Kier molecular flexibility index (Phi) is 5.84. The minimum Gasteiger partial charge on any atom is -0.406 e. The van der Waals surface area contributed by atoms with Gasteiger partial charge in [-0.1, -0.05) is 18.6 Å². The molecule has 220 valence electrons. The number of rotatable bonds is 4. The Morgan fingerprint density at radius 3 is 1.31 bits per heavy atom. The average molecular weight is 594 g/mol. The highest BCUT2D eigenvalue weighted by molar-refractivity contribution is 6.26. The molecule has 0 unspecified atom stereocenters. The van der Waals surface area contributed by atoms with Crippen molar-refractivity contribution in [2.45, 2.75) is 26.6 Å². The number of anilines is 2. The van der Waals surface area contributed by atoms with Crippen LogP contribution in [0.3, 0.4) is 0 Å². The number of amides is 4. The SMILES string of the molecule is CC1=CC2(C)[C@H]3C(=O)N(c4ccc(OC(F)(F)F)cc4)C(=O)[C@H]3C1[C@@H]1C(=O)N(c3ccc(OC(F)(F)F)cc3)C(=O)[C@@H]12. The Morgan fingerprint density at radius 1 is 0.619 bits per heavy atom. The first kappa shape index (κ1) is 27.8. The van der Waals surface area contributed by atoms with E-state index in [4.69, 9.17) is 0 Å². The summed E-state index contributed by atoms with van der Waals surface area (Å²) in [5.41, 5.74) is -0.621. The fourth-order valence-electron chi connectivity index (χ4n) is 7.27. The quantitative estimate of drug-likeness (QED) is 0.282. The van der Waals surface area contributed by atoms with E-state index in [9.17, 15) is 45.5 Å². The van der Waals surface area contributed by atoms with E-state index in [1.54, 1.807) is 19.9 Å². The van der Waals surface area contributed by atoms with Gasteiger partial charge in [-0.3, -0.25) is 29.0 Å². The zero-order chi connectivity index (χ0) is 30.5. The Balaban J connectivity index is 1.33. The maximum atomic E-state index is 13.8. The monoisotopic (exact) mass is 594 g/mol. The molecule has 8 nitrogen and oxygen atoms in total. The summed E-state index contributed by atoms with van der Waals surface area (Å²) < 4.78 is 83.2. The van der Waals surface area contributed by atoms with Crippen LogP contribution < -0.4 is 19.3 Å². The van der Waals surface area contributed by atoms with Gasteiger partial charge in [-0.25, -0.2) is 0 Å². The maximum absolute atomic E-state index is 13.8. The van der Waals surface area contributed by atoms with Gasteiger partial charge < -0.3 is 9.47 Å². The van der Waals surface area contributed by atoms with Gasteiger partial charge in [0.05, 0.1) is 35.0 Å². The van der Waals surface area contributed by atoms with Crippen LogP contribution in [0.5, 0.6) is 11.5 Å². The molecule has 2 heterocycles. The molecule has 0 N–H and O–H groups in total. The van der Waals surface area contributed by atoms with E-state index in [-0.39, 0.29) is 11.4 Å². The lowest BCUT2D eigenvalue weighted by molar-refractivity contribution is -0.275. The molecule has 42 heavy (non-hydrogen) atoms. The van der Waals surface area contributed by atoms with Gasteiger partial charge in [-0.2, -0.15) is 0 Å². The fraction of sp³-hybridized carbons (Fsp3) is 0.357. The number of benzene rings is 2. The van der Waals surface area contributed by atoms with E-state index < -0.39 is 82.9 Å². The van der Waals surface area contributed by atoms with Crippen LogP contribution in [-0.4, -0.2) is 36.4 Å². The lowest BCUT2D eigenvalue weighted by atomic mass is 9.46. The Hall–Kier alpha value is -4.36. The zero-order valence-corrected chi connectivity index (χ0v) is 21.7. The van der Waals surface area contributed by atoms with Crippen molar-refractivity contribution in [3.63, 3.8) is 0 Å². The first-order chi connectivity index (χ1) is 19.5. The number of ether oxygens (including phenoxy) is 2. The zero-order valence-electron chi connectivity index (χ0n) is 21.7. The summed E-state index contributed by atoms with van der Waals surface area (Å²) in [4.78, 5) is 56.9. The van der Waals surface area contributed by atoms with Gasteiger partial charge in [0.2, 0.25) is 23.6 Å². The number of halogens is 6. The van der Waals surface area contributed by atoms with Crippen LogP contribution in [0.15, 0.2) is 60.2 Å². The Labute approximate surface area is 233 Å². The third kappa shape index (κ3) is 4.06. The molecule has 7 rings (SSSR count). The van der Waals surface area contributed by atoms with Gasteiger partial charge in [-0.05, 0) is 55.5 Å². The molecule has 1 saturated carbocycles. The average Bonchev–Trinajstić information content (AvgIpc) is 3.30. The number of imide groups is 2. The van der Waals surface area contributed by atoms with Crippen LogP contribution in [0.4, 0.5) is 37.7 Å². The fourth-order valence-corrected chi connectivity index (χ4v) is 7.27. The van der Waals surface area contributed by atoms with Crippen molar-refractivity contribution in [3.05, 3.63) is 60.2 Å². The first-order valence-corrected chi connectivity index (χ1v) is 12.7. The van der Waals surface area contributed by atoms with Gasteiger partial charge in [-0.15, -0.1) is 26.3 Å². The predicted octanol–water partition coefficient (Wildman–Crippen LogP) is 4.99. The predicted molar refractivity (Wildman–Crippen MR) is 131 cm³/mol. The minimum atomic E-state index is -4.93. The number of alkyl halides is 6. The molecule has 5 aliphatic rings. The molecule has 3 aliphatic carbocycles. The molecule has 2 bridgehead atoms. The molecule has 0 aromatic heterocycles. The van der Waals surface area contributed by atoms with Gasteiger partial charge in [0.25, 0.3) is 0 Å². The molecule has 14 heteroatoms. The van der Waals surface area contributed by atoms with Crippen molar-refractivity contribution in [1.82, 2.24) is 0 Å². The van der Waals surface area contributed by atoms with E-state index >= 15 is 0 Å². The van der Waals surface area contributed by atoms with Crippen molar-refractivity contribution in [3.8, 4) is 11.5 Å². The second-order valence-electron chi connectivity index (χ2n) is 10.9. The molecule has 4 amide bonds. The summed E-state index contributed by atoms with van der Waals surface area (Å²) in [7, 11) is 0. The van der Waals surface area contributed by atoms with Crippen LogP contribution in [0.25, 0.3) is 0 Å². The Bertz CT molecular complexity index is 1440. The van der Waals surface area contributed by atoms with E-state index in [1.165, 1.54) is 0 Å².